The molecule has 1 amide bonds. The first-order valence-electron chi connectivity index (χ1n) is 10.7. The molecule has 0 spiro atoms. The molecule has 0 aliphatic carbocycles. The van der Waals surface area contributed by atoms with Crippen molar-refractivity contribution >= 4 is 34.3 Å². The fraction of sp³-hybridized carbons (Fsp3) is 0.115. The summed E-state index contributed by atoms with van der Waals surface area (Å²) in [7, 11) is 0. The number of para-hydroxylation sites is 2. The molecule has 9 heteroatoms. The minimum Gasteiger partial charge on any atom is -0.490 e. The summed E-state index contributed by atoms with van der Waals surface area (Å²) in [6.07, 6.45) is 1.66. The maximum absolute atomic E-state index is 13.7. The topological polar surface area (TPSA) is 100 Å². The predicted molar refractivity (Wildman–Crippen MR) is 128 cm³/mol. The summed E-state index contributed by atoms with van der Waals surface area (Å²) in [5.74, 6) is -1.16. The van der Waals surface area contributed by atoms with Gasteiger partial charge < -0.3 is 19.8 Å². The van der Waals surface area contributed by atoms with Crippen LogP contribution in [0.5, 0.6) is 11.5 Å². The summed E-state index contributed by atoms with van der Waals surface area (Å²) in [6, 6.07) is 17.5. The number of rotatable bonds is 8. The molecular formula is C26H20F2N4O3. The van der Waals surface area contributed by atoms with E-state index in [1.54, 1.807) is 31.2 Å². The van der Waals surface area contributed by atoms with Gasteiger partial charge >= 0.3 is 0 Å². The van der Waals surface area contributed by atoms with Gasteiger partial charge in [0.2, 0.25) is 0 Å². The molecule has 0 unspecified atom stereocenters. The van der Waals surface area contributed by atoms with Crippen molar-refractivity contribution in [3.05, 3.63) is 83.7 Å². The second-order valence-corrected chi connectivity index (χ2v) is 7.37. The molecule has 0 saturated carbocycles. The van der Waals surface area contributed by atoms with Crippen LogP contribution in [0.1, 0.15) is 18.3 Å². The van der Waals surface area contributed by atoms with Gasteiger partial charge in [-0.1, -0.05) is 18.2 Å². The first kappa shape index (κ1) is 23.4. The minimum atomic E-state index is -0.887. The van der Waals surface area contributed by atoms with Crippen LogP contribution in [0.2, 0.25) is 0 Å². The van der Waals surface area contributed by atoms with Crippen molar-refractivity contribution in [1.29, 1.82) is 5.26 Å². The number of carbonyl (C=O) groups excluding carboxylic acids is 1. The first-order valence-corrected chi connectivity index (χ1v) is 10.7. The lowest BCUT2D eigenvalue weighted by Crippen LogP contribution is -2.21. The largest absolute Gasteiger partial charge is 0.490 e. The zero-order valence-electron chi connectivity index (χ0n) is 18.6. The average Bonchev–Trinajstić information content (AvgIpc) is 3.28. The van der Waals surface area contributed by atoms with Crippen molar-refractivity contribution < 1.29 is 23.0 Å². The summed E-state index contributed by atoms with van der Waals surface area (Å²) >= 11 is 0. The van der Waals surface area contributed by atoms with Crippen molar-refractivity contribution in [2.45, 2.75) is 6.92 Å². The summed E-state index contributed by atoms with van der Waals surface area (Å²) in [5, 5.41) is 12.0. The van der Waals surface area contributed by atoms with Crippen molar-refractivity contribution in [3.63, 3.8) is 0 Å². The number of aromatic amines is 1. The number of allylic oxidation sites excluding steroid dienone is 1. The van der Waals surface area contributed by atoms with Gasteiger partial charge in [-0.3, -0.25) is 4.79 Å². The number of benzene rings is 3. The molecule has 3 aromatic carbocycles. The highest BCUT2D eigenvalue weighted by atomic mass is 19.1. The van der Waals surface area contributed by atoms with E-state index in [1.807, 2.05) is 24.3 Å². The Balaban J connectivity index is 1.50. The second kappa shape index (κ2) is 10.5. The van der Waals surface area contributed by atoms with Crippen LogP contribution in [0, 0.1) is 23.0 Å². The number of hydrogen-bond acceptors (Lipinski definition) is 5. The standard InChI is InChI=1S/C26H20F2N4O3/c1-2-34-24-12-16(11-17(14-29)26-31-21-5-3-4-6-22(21)32-26)7-10-23(24)35-15-25(33)30-20-9-8-18(27)13-19(20)28/h3-13H,2,15H2,1H3,(H,30,33)(H,31,32)/b17-11+. The van der Waals surface area contributed by atoms with E-state index in [-0.39, 0.29) is 5.69 Å². The van der Waals surface area contributed by atoms with Crippen LogP contribution in [0.4, 0.5) is 14.5 Å². The summed E-state index contributed by atoms with van der Waals surface area (Å²) in [4.78, 5) is 19.8. The molecule has 4 aromatic rings. The van der Waals surface area contributed by atoms with E-state index in [1.165, 1.54) is 0 Å². The lowest BCUT2D eigenvalue weighted by molar-refractivity contribution is -0.118. The Hall–Kier alpha value is -4.71. The van der Waals surface area contributed by atoms with E-state index in [0.29, 0.717) is 41.1 Å². The molecule has 0 aliphatic rings. The third-order valence-electron chi connectivity index (χ3n) is 4.91. The van der Waals surface area contributed by atoms with E-state index < -0.39 is 24.1 Å². The molecule has 0 saturated heterocycles. The first-order chi connectivity index (χ1) is 17.0. The smallest absolute Gasteiger partial charge is 0.262 e. The number of imidazole rings is 1. The van der Waals surface area contributed by atoms with Gasteiger partial charge in [0.15, 0.2) is 18.1 Å². The van der Waals surface area contributed by atoms with Gasteiger partial charge in [-0.25, -0.2) is 13.8 Å². The number of anilines is 1. The fourth-order valence-corrected chi connectivity index (χ4v) is 3.32. The number of nitriles is 1. The van der Waals surface area contributed by atoms with E-state index in [2.05, 4.69) is 21.4 Å². The van der Waals surface area contributed by atoms with Crippen LogP contribution in [0.3, 0.4) is 0 Å². The quantitative estimate of drug-likeness (QED) is 0.337. The molecule has 176 valence electrons. The Morgan fingerprint density at radius 3 is 2.69 bits per heavy atom. The van der Waals surface area contributed by atoms with Gasteiger partial charge in [-0.2, -0.15) is 5.26 Å². The number of hydrogen-bond donors (Lipinski definition) is 2. The van der Waals surface area contributed by atoms with Crippen molar-refractivity contribution in [2.24, 2.45) is 0 Å². The Morgan fingerprint density at radius 1 is 1.11 bits per heavy atom. The minimum absolute atomic E-state index is 0.153. The van der Waals surface area contributed by atoms with Crippen LogP contribution >= 0.6 is 0 Å². The van der Waals surface area contributed by atoms with Crippen LogP contribution in [0.15, 0.2) is 60.7 Å². The van der Waals surface area contributed by atoms with Gasteiger partial charge in [-0.15, -0.1) is 0 Å². The maximum Gasteiger partial charge on any atom is 0.262 e. The number of ether oxygens (including phenoxy) is 2. The number of fused-ring (bicyclic) bond motifs is 1. The monoisotopic (exact) mass is 474 g/mol. The molecule has 0 fully saturated rings. The van der Waals surface area contributed by atoms with Gasteiger partial charge in [0, 0.05) is 6.07 Å². The molecule has 0 aliphatic heterocycles. The predicted octanol–water partition coefficient (Wildman–Crippen LogP) is 5.32. The number of carbonyl (C=O) groups is 1. The van der Waals surface area contributed by atoms with Crippen LogP contribution in [-0.4, -0.2) is 29.1 Å². The Kier molecular flexibility index (Phi) is 7.02. The number of nitrogens with zero attached hydrogens (tertiary/aromatic N) is 2. The maximum atomic E-state index is 13.7. The number of amides is 1. The number of H-pyrrole nitrogens is 1. The Bertz CT molecular complexity index is 1420. The van der Waals surface area contributed by atoms with Gasteiger partial charge in [0.1, 0.15) is 23.5 Å². The number of nitrogens with one attached hydrogen (secondary N) is 2. The third kappa shape index (κ3) is 5.62. The third-order valence-corrected chi connectivity index (χ3v) is 4.91. The van der Waals surface area contributed by atoms with Gasteiger partial charge in [-0.05, 0) is 55.0 Å². The second-order valence-electron chi connectivity index (χ2n) is 7.37. The van der Waals surface area contributed by atoms with E-state index in [0.717, 1.165) is 23.2 Å². The van der Waals surface area contributed by atoms with E-state index in [9.17, 15) is 18.8 Å². The summed E-state index contributed by atoms with van der Waals surface area (Å²) < 4.78 is 38.0. The van der Waals surface area contributed by atoms with Crippen LogP contribution in [0.25, 0.3) is 22.7 Å². The molecule has 0 radical (unpaired) electrons. The number of halogens is 2. The van der Waals surface area contributed by atoms with Crippen molar-refractivity contribution in [3.8, 4) is 17.6 Å². The molecule has 0 bridgehead atoms. The molecule has 35 heavy (non-hydrogen) atoms. The van der Waals surface area contributed by atoms with Crippen molar-refractivity contribution in [1.82, 2.24) is 9.97 Å². The molecule has 1 aromatic heterocycles. The summed E-state index contributed by atoms with van der Waals surface area (Å²) in [5.41, 5.74) is 2.41. The molecular weight excluding hydrogens is 454 g/mol. The molecule has 7 nitrogen and oxygen atoms in total. The molecule has 2 N–H and O–H groups in total. The van der Waals surface area contributed by atoms with Gasteiger partial charge in [0.25, 0.3) is 5.91 Å². The highest BCUT2D eigenvalue weighted by Gasteiger charge is 2.13. The van der Waals surface area contributed by atoms with Crippen LogP contribution < -0.4 is 14.8 Å². The Morgan fingerprint density at radius 2 is 1.94 bits per heavy atom. The average molecular weight is 474 g/mol. The van der Waals surface area contributed by atoms with E-state index in [4.69, 9.17) is 9.47 Å². The SMILES string of the molecule is CCOc1cc(/C=C(\C#N)c2nc3ccccc3[nH]2)ccc1OCC(=O)Nc1ccc(F)cc1F. The fourth-order valence-electron chi connectivity index (χ4n) is 3.32. The lowest BCUT2D eigenvalue weighted by atomic mass is 10.1. The number of aromatic nitrogens is 2. The van der Waals surface area contributed by atoms with Crippen LogP contribution in [-0.2, 0) is 4.79 Å². The highest BCUT2D eigenvalue weighted by molar-refractivity contribution is 5.92. The molecule has 1 heterocycles. The van der Waals surface area contributed by atoms with Gasteiger partial charge in [0.05, 0.1) is 28.9 Å². The molecule has 4 rings (SSSR count). The molecule has 0 atom stereocenters. The summed E-state index contributed by atoms with van der Waals surface area (Å²) in [6.45, 7) is 1.71. The lowest BCUT2D eigenvalue weighted by Gasteiger charge is -2.13. The highest BCUT2D eigenvalue weighted by Crippen LogP contribution is 2.30. The van der Waals surface area contributed by atoms with E-state index >= 15 is 0 Å². The Labute approximate surface area is 199 Å². The zero-order chi connectivity index (χ0) is 24.8. The van der Waals surface area contributed by atoms with Crippen molar-refractivity contribution in [2.75, 3.05) is 18.5 Å². The zero-order valence-corrected chi connectivity index (χ0v) is 18.6. The normalized spacial score (nSPS) is 11.2.